The first-order valence-corrected chi connectivity index (χ1v) is 11.8. The average Bonchev–Trinajstić information content (AvgIpc) is 3.45. The summed E-state index contributed by atoms with van der Waals surface area (Å²) < 4.78 is 22.4. The van der Waals surface area contributed by atoms with Crippen LogP contribution in [0.4, 0.5) is 10.3 Å². The molecule has 3 heterocycles. The molecule has 1 unspecified atom stereocenters. The highest BCUT2D eigenvalue weighted by atomic mass is 19.1. The Morgan fingerprint density at radius 3 is 2.64 bits per heavy atom. The first-order valence-electron chi connectivity index (χ1n) is 11.8. The molecule has 1 atom stereocenters. The standard InChI is InChI=1S/C25H30FN5O2/c1-17-2-6-20(7-3-17)28-24-27-12-10-22(29-24)23-15-30(14-18-11-13-33-16-18)25(32)31(23)21-8-4-19(26)5-9-21/h4-5,8-10,12,15,17-18,20H,2-3,6-7,11,13-14,16H2,1H3,(H,27,28,29)/t17-,18?,20-. The van der Waals surface area contributed by atoms with Crippen LogP contribution in [-0.2, 0) is 11.3 Å². The molecule has 1 N–H and O–H groups in total. The van der Waals surface area contributed by atoms with E-state index in [0.717, 1.165) is 31.8 Å². The fourth-order valence-corrected chi connectivity index (χ4v) is 4.81. The van der Waals surface area contributed by atoms with Gasteiger partial charge in [-0.3, -0.25) is 9.13 Å². The van der Waals surface area contributed by atoms with Crippen LogP contribution in [0.2, 0.25) is 0 Å². The van der Waals surface area contributed by atoms with Crippen molar-refractivity contribution in [1.29, 1.82) is 0 Å². The van der Waals surface area contributed by atoms with Crippen molar-refractivity contribution >= 4 is 5.95 Å². The maximum absolute atomic E-state index is 13.6. The van der Waals surface area contributed by atoms with Gasteiger partial charge in [0.05, 0.1) is 23.7 Å². The molecule has 2 fully saturated rings. The van der Waals surface area contributed by atoms with Crippen LogP contribution in [0, 0.1) is 17.7 Å². The third-order valence-corrected chi connectivity index (χ3v) is 6.79. The summed E-state index contributed by atoms with van der Waals surface area (Å²) in [5.74, 6) is 1.30. The number of rotatable bonds is 6. The zero-order chi connectivity index (χ0) is 22.8. The molecule has 8 heteroatoms. The SMILES string of the molecule is C[C@H]1CC[C@H](Nc2nccc(-c3cn(CC4CCOC4)c(=O)n3-c3ccc(F)cc3)n2)CC1. The molecule has 0 bridgehead atoms. The van der Waals surface area contributed by atoms with Crippen LogP contribution in [0.1, 0.15) is 39.0 Å². The number of ether oxygens (including phenoxy) is 1. The Bertz CT molecular complexity index is 1140. The van der Waals surface area contributed by atoms with E-state index in [0.29, 0.717) is 48.1 Å². The van der Waals surface area contributed by atoms with E-state index in [9.17, 15) is 9.18 Å². The van der Waals surface area contributed by atoms with E-state index < -0.39 is 0 Å². The van der Waals surface area contributed by atoms with E-state index in [-0.39, 0.29) is 11.5 Å². The van der Waals surface area contributed by atoms with Crippen LogP contribution >= 0.6 is 0 Å². The fourth-order valence-electron chi connectivity index (χ4n) is 4.81. The maximum atomic E-state index is 13.6. The van der Waals surface area contributed by atoms with Crippen molar-refractivity contribution in [1.82, 2.24) is 19.1 Å². The molecule has 3 aromatic rings. The molecule has 2 aliphatic rings. The lowest BCUT2D eigenvalue weighted by molar-refractivity contribution is 0.182. The smallest absolute Gasteiger partial charge is 0.333 e. The molecule has 5 rings (SSSR count). The fraction of sp³-hybridized carbons (Fsp3) is 0.480. The summed E-state index contributed by atoms with van der Waals surface area (Å²) in [5.41, 5.74) is 1.75. The molecule has 0 spiro atoms. The minimum absolute atomic E-state index is 0.169. The van der Waals surface area contributed by atoms with Gasteiger partial charge >= 0.3 is 5.69 Å². The lowest BCUT2D eigenvalue weighted by Gasteiger charge is -2.26. The summed E-state index contributed by atoms with van der Waals surface area (Å²) in [4.78, 5) is 22.6. The summed E-state index contributed by atoms with van der Waals surface area (Å²) in [6.07, 6.45) is 9.12. The van der Waals surface area contributed by atoms with Gasteiger partial charge in [-0.15, -0.1) is 0 Å². The van der Waals surface area contributed by atoms with Gasteiger partial charge in [0.25, 0.3) is 0 Å². The third-order valence-electron chi connectivity index (χ3n) is 6.79. The molecule has 2 aromatic heterocycles. The van der Waals surface area contributed by atoms with Crippen LogP contribution in [0.15, 0.2) is 47.5 Å². The molecule has 1 aromatic carbocycles. The minimum Gasteiger partial charge on any atom is -0.381 e. The Hall–Kier alpha value is -3.00. The van der Waals surface area contributed by atoms with Gasteiger partial charge in [0.1, 0.15) is 5.82 Å². The summed E-state index contributed by atoms with van der Waals surface area (Å²) in [5, 5.41) is 3.48. The van der Waals surface area contributed by atoms with Crippen molar-refractivity contribution in [2.24, 2.45) is 11.8 Å². The normalized spacial score (nSPS) is 23.0. The van der Waals surface area contributed by atoms with Crippen molar-refractivity contribution in [3.8, 4) is 17.1 Å². The van der Waals surface area contributed by atoms with Gasteiger partial charge in [-0.2, -0.15) is 0 Å². The number of anilines is 1. The predicted molar refractivity (Wildman–Crippen MR) is 125 cm³/mol. The van der Waals surface area contributed by atoms with Gasteiger partial charge < -0.3 is 10.1 Å². The Labute approximate surface area is 192 Å². The zero-order valence-electron chi connectivity index (χ0n) is 18.9. The highest BCUT2D eigenvalue weighted by Gasteiger charge is 2.22. The zero-order valence-corrected chi connectivity index (χ0v) is 18.9. The lowest BCUT2D eigenvalue weighted by atomic mass is 9.87. The molecular formula is C25H30FN5O2. The Kier molecular flexibility index (Phi) is 6.26. The number of benzene rings is 1. The van der Waals surface area contributed by atoms with E-state index in [1.54, 1.807) is 27.5 Å². The van der Waals surface area contributed by atoms with Crippen molar-refractivity contribution < 1.29 is 9.13 Å². The van der Waals surface area contributed by atoms with Gasteiger partial charge in [-0.05, 0) is 68.4 Å². The number of nitrogens with one attached hydrogen (secondary N) is 1. The van der Waals surface area contributed by atoms with Crippen molar-refractivity contribution in [3.63, 3.8) is 0 Å². The van der Waals surface area contributed by atoms with Gasteiger partial charge in [0.2, 0.25) is 5.95 Å². The summed E-state index contributed by atoms with van der Waals surface area (Å²) in [6, 6.07) is 8.14. The number of hydrogen-bond acceptors (Lipinski definition) is 5. The number of imidazole rings is 1. The molecular weight excluding hydrogens is 421 g/mol. The second kappa shape index (κ2) is 9.47. The molecule has 1 saturated heterocycles. The highest BCUT2D eigenvalue weighted by Crippen LogP contribution is 2.26. The average molecular weight is 452 g/mol. The highest BCUT2D eigenvalue weighted by molar-refractivity contribution is 5.59. The number of halogens is 1. The van der Waals surface area contributed by atoms with Gasteiger partial charge in [-0.1, -0.05) is 6.92 Å². The largest absolute Gasteiger partial charge is 0.381 e. The molecule has 7 nitrogen and oxygen atoms in total. The first kappa shape index (κ1) is 21.8. The molecule has 1 aliphatic heterocycles. The van der Waals surface area contributed by atoms with Crippen LogP contribution in [-0.4, -0.2) is 38.4 Å². The Balaban J connectivity index is 1.49. The number of hydrogen-bond donors (Lipinski definition) is 1. The van der Waals surface area contributed by atoms with Crippen LogP contribution in [0.25, 0.3) is 17.1 Å². The maximum Gasteiger partial charge on any atom is 0.333 e. The Morgan fingerprint density at radius 2 is 1.91 bits per heavy atom. The second-order valence-electron chi connectivity index (χ2n) is 9.36. The van der Waals surface area contributed by atoms with Crippen molar-refractivity contribution in [2.75, 3.05) is 18.5 Å². The van der Waals surface area contributed by atoms with Gasteiger partial charge in [0, 0.05) is 37.5 Å². The molecule has 1 saturated carbocycles. The monoisotopic (exact) mass is 451 g/mol. The van der Waals surface area contributed by atoms with E-state index in [4.69, 9.17) is 9.72 Å². The predicted octanol–water partition coefficient (Wildman–Crippen LogP) is 4.26. The quantitative estimate of drug-likeness (QED) is 0.606. The topological polar surface area (TPSA) is 74.0 Å². The van der Waals surface area contributed by atoms with E-state index >= 15 is 0 Å². The second-order valence-corrected chi connectivity index (χ2v) is 9.36. The summed E-state index contributed by atoms with van der Waals surface area (Å²) in [6.45, 7) is 4.26. The number of nitrogens with zero attached hydrogens (tertiary/aromatic N) is 4. The molecule has 0 amide bonds. The minimum atomic E-state index is -0.341. The summed E-state index contributed by atoms with van der Waals surface area (Å²) in [7, 11) is 0. The molecule has 0 radical (unpaired) electrons. The molecule has 174 valence electrons. The molecule has 1 aliphatic carbocycles. The van der Waals surface area contributed by atoms with Crippen LogP contribution < -0.4 is 11.0 Å². The van der Waals surface area contributed by atoms with Gasteiger partial charge in [0.15, 0.2) is 0 Å². The molecule has 33 heavy (non-hydrogen) atoms. The van der Waals surface area contributed by atoms with Crippen molar-refractivity contribution in [3.05, 3.63) is 59.0 Å². The van der Waals surface area contributed by atoms with E-state index in [1.165, 1.54) is 25.0 Å². The van der Waals surface area contributed by atoms with Crippen molar-refractivity contribution in [2.45, 2.75) is 51.6 Å². The number of aromatic nitrogens is 4. The third kappa shape index (κ3) is 4.85. The first-order chi connectivity index (χ1) is 16.1. The van der Waals surface area contributed by atoms with Gasteiger partial charge in [-0.25, -0.2) is 19.2 Å². The van der Waals surface area contributed by atoms with E-state index in [2.05, 4.69) is 17.2 Å². The Morgan fingerprint density at radius 1 is 1.12 bits per heavy atom. The van der Waals surface area contributed by atoms with Crippen LogP contribution in [0.5, 0.6) is 0 Å². The van der Waals surface area contributed by atoms with Crippen LogP contribution in [0.3, 0.4) is 0 Å². The lowest BCUT2D eigenvalue weighted by Crippen LogP contribution is -2.26. The van der Waals surface area contributed by atoms with E-state index in [1.807, 2.05) is 12.3 Å². The summed E-state index contributed by atoms with van der Waals surface area (Å²) >= 11 is 0.